The van der Waals surface area contributed by atoms with Crippen molar-refractivity contribution in [3.05, 3.63) is 35.9 Å². The maximum absolute atomic E-state index is 11.6. The summed E-state index contributed by atoms with van der Waals surface area (Å²) in [6.07, 6.45) is 0. The molecular weight excluding hydrogens is 257 g/mol. The molecule has 0 saturated heterocycles. The average Bonchev–Trinajstić information content (AvgIpc) is 2.02. The van der Waals surface area contributed by atoms with Gasteiger partial charge in [0.15, 0.2) is 9.84 Å². The van der Waals surface area contributed by atoms with E-state index in [0.29, 0.717) is 5.69 Å². The van der Waals surface area contributed by atoms with E-state index in [9.17, 15) is 8.42 Å². The molecule has 84 valence electrons. The van der Waals surface area contributed by atoms with E-state index in [4.69, 9.17) is 17.3 Å². The van der Waals surface area contributed by atoms with Crippen LogP contribution in [-0.2, 0) is 9.84 Å². The third kappa shape index (κ3) is 4.11. The molecule has 0 aliphatic carbocycles. The van der Waals surface area contributed by atoms with Crippen LogP contribution in [0.5, 0.6) is 0 Å². The van der Waals surface area contributed by atoms with Gasteiger partial charge in [-0.1, -0.05) is 18.2 Å². The van der Waals surface area contributed by atoms with Crippen LogP contribution >= 0.6 is 24.0 Å². The van der Waals surface area contributed by atoms with Crippen LogP contribution in [-0.4, -0.2) is 14.2 Å². The highest BCUT2D eigenvalue weighted by Gasteiger charge is 2.14. The maximum atomic E-state index is 11.6. The van der Waals surface area contributed by atoms with Crippen LogP contribution in [0.3, 0.4) is 0 Å². The molecule has 1 aromatic carbocycles. The van der Waals surface area contributed by atoms with Crippen molar-refractivity contribution in [3.63, 3.8) is 0 Å². The number of rotatable bonds is 3. The Kier molecular flexibility index (Phi) is 5.14. The second-order valence-corrected chi connectivity index (χ2v) is 5.37. The Morgan fingerprint density at radius 1 is 1.33 bits per heavy atom. The lowest BCUT2D eigenvalue weighted by Gasteiger charge is -2.02. The lowest BCUT2D eigenvalue weighted by Crippen LogP contribution is -2.06. The lowest BCUT2D eigenvalue weighted by molar-refractivity contribution is 0.599. The summed E-state index contributed by atoms with van der Waals surface area (Å²) >= 11 is 5.45. The summed E-state index contributed by atoms with van der Waals surface area (Å²) in [5.74, 6) is -0.252. The SMILES string of the molecule is C=C(Cl)CS(=O)(=O)c1ccc(N)cc1.Cl. The highest BCUT2D eigenvalue weighted by atomic mass is 35.5. The van der Waals surface area contributed by atoms with Crippen molar-refractivity contribution in [1.82, 2.24) is 0 Å². The monoisotopic (exact) mass is 267 g/mol. The van der Waals surface area contributed by atoms with Gasteiger partial charge in [-0.2, -0.15) is 0 Å². The normalized spacial score (nSPS) is 10.5. The number of hydrogen-bond donors (Lipinski definition) is 1. The standard InChI is InChI=1S/C9H10ClNO2S.ClH/c1-7(10)6-14(12,13)9-4-2-8(11)3-5-9;/h2-5H,1,6,11H2;1H. The molecule has 0 unspecified atom stereocenters. The van der Waals surface area contributed by atoms with E-state index in [1.54, 1.807) is 0 Å². The highest BCUT2D eigenvalue weighted by Crippen LogP contribution is 2.16. The average molecular weight is 268 g/mol. The highest BCUT2D eigenvalue weighted by molar-refractivity contribution is 7.91. The molecule has 1 rings (SSSR count). The first-order chi connectivity index (χ1) is 6.42. The Bertz CT molecular complexity index is 440. The minimum Gasteiger partial charge on any atom is -0.399 e. The zero-order valence-corrected chi connectivity index (χ0v) is 10.2. The van der Waals surface area contributed by atoms with E-state index in [1.165, 1.54) is 24.3 Å². The molecule has 0 heterocycles. The lowest BCUT2D eigenvalue weighted by atomic mass is 10.3. The minimum absolute atomic E-state index is 0. The zero-order chi connectivity index (χ0) is 10.8. The molecule has 0 atom stereocenters. The van der Waals surface area contributed by atoms with Crippen LogP contribution in [0, 0.1) is 0 Å². The fourth-order valence-corrected chi connectivity index (χ4v) is 2.53. The van der Waals surface area contributed by atoms with Crippen LogP contribution in [0.25, 0.3) is 0 Å². The molecule has 0 aliphatic heterocycles. The number of anilines is 1. The Morgan fingerprint density at radius 3 is 2.20 bits per heavy atom. The summed E-state index contributed by atoms with van der Waals surface area (Å²) in [4.78, 5) is 0.202. The molecule has 2 N–H and O–H groups in total. The smallest absolute Gasteiger partial charge is 0.183 e. The number of benzene rings is 1. The summed E-state index contributed by atoms with van der Waals surface area (Å²) in [5.41, 5.74) is 5.95. The van der Waals surface area contributed by atoms with E-state index in [0.717, 1.165) is 0 Å². The van der Waals surface area contributed by atoms with Gasteiger partial charge in [0.25, 0.3) is 0 Å². The first kappa shape index (κ1) is 14.3. The molecule has 0 radical (unpaired) electrons. The van der Waals surface area contributed by atoms with Crippen molar-refractivity contribution < 1.29 is 8.42 Å². The molecule has 15 heavy (non-hydrogen) atoms. The molecule has 0 spiro atoms. The molecule has 0 bridgehead atoms. The van der Waals surface area contributed by atoms with Gasteiger partial charge in [0.1, 0.15) is 0 Å². The van der Waals surface area contributed by atoms with Crippen LogP contribution in [0.2, 0.25) is 0 Å². The molecule has 3 nitrogen and oxygen atoms in total. The largest absolute Gasteiger partial charge is 0.399 e. The summed E-state index contributed by atoms with van der Waals surface area (Å²) in [6, 6.07) is 5.96. The zero-order valence-electron chi connectivity index (χ0n) is 7.81. The number of nitrogens with two attached hydrogens (primary N) is 1. The quantitative estimate of drug-likeness (QED) is 0.855. The first-order valence-corrected chi connectivity index (χ1v) is 5.86. The topological polar surface area (TPSA) is 60.2 Å². The summed E-state index contributed by atoms with van der Waals surface area (Å²) in [5, 5.41) is 0.0989. The van der Waals surface area contributed by atoms with E-state index in [-0.39, 0.29) is 28.1 Å². The predicted octanol–water partition coefficient (Wildman–Crippen LogP) is 2.22. The molecular formula is C9H11Cl2NO2S. The van der Waals surface area contributed by atoms with Gasteiger partial charge in [0, 0.05) is 10.7 Å². The van der Waals surface area contributed by atoms with Gasteiger partial charge in [0.05, 0.1) is 10.6 Å². The Labute approximate surface area is 100 Å². The van der Waals surface area contributed by atoms with E-state index < -0.39 is 9.84 Å². The molecule has 0 amide bonds. The van der Waals surface area contributed by atoms with E-state index >= 15 is 0 Å². The maximum Gasteiger partial charge on any atom is 0.183 e. The van der Waals surface area contributed by atoms with Crippen molar-refractivity contribution in [2.75, 3.05) is 11.5 Å². The molecule has 1 aromatic rings. The Morgan fingerprint density at radius 2 is 1.80 bits per heavy atom. The van der Waals surface area contributed by atoms with Gasteiger partial charge < -0.3 is 5.73 Å². The van der Waals surface area contributed by atoms with Gasteiger partial charge in [-0.25, -0.2) is 8.42 Å². The molecule has 0 aliphatic rings. The van der Waals surface area contributed by atoms with Crippen molar-refractivity contribution >= 4 is 39.5 Å². The number of nitrogen functional groups attached to an aromatic ring is 1. The number of sulfone groups is 1. The van der Waals surface area contributed by atoms with Crippen LogP contribution in [0.15, 0.2) is 40.8 Å². The molecule has 0 saturated carbocycles. The summed E-state index contributed by atoms with van der Waals surface area (Å²) in [7, 11) is -3.36. The van der Waals surface area contributed by atoms with Crippen molar-refractivity contribution in [2.24, 2.45) is 0 Å². The van der Waals surface area contributed by atoms with Crippen LogP contribution in [0.4, 0.5) is 5.69 Å². The fourth-order valence-electron chi connectivity index (χ4n) is 0.965. The second kappa shape index (κ2) is 5.39. The van der Waals surface area contributed by atoms with E-state index in [1.807, 2.05) is 0 Å². The van der Waals surface area contributed by atoms with Crippen molar-refractivity contribution in [1.29, 1.82) is 0 Å². The summed E-state index contributed by atoms with van der Waals surface area (Å²) in [6.45, 7) is 3.34. The van der Waals surface area contributed by atoms with E-state index in [2.05, 4.69) is 6.58 Å². The summed E-state index contributed by atoms with van der Waals surface area (Å²) < 4.78 is 23.1. The third-order valence-electron chi connectivity index (χ3n) is 1.59. The van der Waals surface area contributed by atoms with Crippen molar-refractivity contribution in [2.45, 2.75) is 4.90 Å². The van der Waals surface area contributed by atoms with Gasteiger partial charge in [-0.05, 0) is 24.3 Å². The van der Waals surface area contributed by atoms with Gasteiger partial charge >= 0.3 is 0 Å². The third-order valence-corrected chi connectivity index (χ3v) is 3.60. The first-order valence-electron chi connectivity index (χ1n) is 3.83. The molecule has 0 fully saturated rings. The minimum atomic E-state index is -3.36. The Hall–Kier alpha value is -0.710. The number of hydrogen-bond acceptors (Lipinski definition) is 3. The Balaban J connectivity index is 0.00000196. The molecule has 0 aromatic heterocycles. The second-order valence-electron chi connectivity index (χ2n) is 2.85. The van der Waals surface area contributed by atoms with Crippen molar-refractivity contribution in [3.8, 4) is 0 Å². The predicted molar refractivity (Wildman–Crippen MR) is 65.1 cm³/mol. The van der Waals surface area contributed by atoms with Gasteiger partial charge in [-0.15, -0.1) is 12.4 Å². The van der Waals surface area contributed by atoms with Crippen LogP contribution < -0.4 is 5.73 Å². The molecule has 6 heteroatoms. The van der Waals surface area contributed by atoms with Gasteiger partial charge in [0.2, 0.25) is 0 Å². The van der Waals surface area contributed by atoms with Crippen LogP contribution in [0.1, 0.15) is 0 Å². The van der Waals surface area contributed by atoms with Gasteiger partial charge in [-0.3, -0.25) is 0 Å². The number of halogens is 2. The fraction of sp³-hybridized carbons (Fsp3) is 0.111.